The van der Waals surface area contributed by atoms with Crippen LogP contribution in [0.4, 0.5) is 18.9 Å². The van der Waals surface area contributed by atoms with Crippen molar-refractivity contribution in [2.45, 2.75) is 16.2 Å². The molecule has 0 aliphatic rings. The first-order chi connectivity index (χ1) is 9.79. The van der Waals surface area contributed by atoms with E-state index >= 15 is 0 Å². The number of hydrogen-bond donors (Lipinski definition) is 0. The molecule has 21 heavy (non-hydrogen) atoms. The van der Waals surface area contributed by atoms with Gasteiger partial charge in [-0.15, -0.1) is 0 Å². The number of nitrogens with zero attached hydrogens (tertiary/aromatic N) is 4. The minimum atomic E-state index is -4.50. The number of aromatic nitrogens is 3. The zero-order valence-electron chi connectivity index (χ0n) is 9.83. The van der Waals surface area contributed by atoms with Gasteiger partial charge in [-0.3, -0.25) is 10.1 Å². The highest BCUT2D eigenvalue weighted by Crippen LogP contribution is 2.36. The van der Waals surface area contributed by atoms with Crippen molar-refractivity contribution >= 4 is 29.1 Å². The van der Waals surface area contributed by atoms with E-state index < -0.39 is 22.4 Å². The fourth-order valence-electron chi connectivity index (χ4n) is 1.28. The van der Waals surface area contributed by atoms with Gasteiger partial charge >= 0.3 is 11.9 Å². The molecule has 0 aliphatic heterocycles. The predicted octanol–water partition coefficient (Wildman–Crippen LogP) is 3.60. The molecule has 110 valence electrons. The van der Waals surface area contributed by atoms with Crippen LogP contribution in [-0.2, 0) is 6.18 Å². The predicted molar refractivity (Wildman–Crippen MR) is 67.1 cm³/mol. The van der Waals surface area contributed by atoms with Crippen molar-refractivity contribution in [2.75, 3.05) is 0 Å². The fourth-order valence-corrected chi connectivity index (χ4v) is 2.34. The Hall–Kier alpha value is -1.94. The maximum absolute atomic E-state index is 12.4. The summed E-state index contributed by atoms with van der Waals surface area (Å²) >= 11 is 6.32. The zero-order valence-corrected chi connectivity index (χ0v) is 11.4. The number of halogens is 4. The average Bonchev–Trinajstić information content (AvgIpc) is 2.38. The Balaban J connectivity index is 2.31. The van der Waals surface area contributed by atoms with Crippen LogP contribution >= 0.6 is 23.4 Å². The molecule has 0 N–H and O–H groups in total. The summed E-state index contributed by atoms with van der Waals surface area (Å²) in [5, 5.41) is 10.5. The minimum absolute atomic E-state index is 0.104. The van der Waals surface area contributed by atoms with Gasteiger partial charge in [0.25, 0.3) is 0 Å². The Labute approximate surface area is 124 Å². The van der Waals surface area contributed by atoms with E-state index in [4.69, 9.17) is 11.6 Å². The SMILES string of the molecule is O=[N+]([O-])c1c(Cl)ncnc1Sc1ccc(C(F)(F)F)cn1. The Morgan fingerprint density at radius 2 is 1.95 bits per heavy atom. The summed E-state index contributed by atoms with van der Waals surface area (Å²) in [5.41, 5.74) is -1.44. The minimum Gasteiger partial charge on any atom is -0.258 e. The van der Waals surface area contributed by atoms with Crippen LogP contribution in [0.2, 0.25) is 5.15 Å². The fraction of sp³-hybridized carbons (Fsp3) is 0.100. The summed E-state index contributed by atoms with van der Waals surface area (Å²) in [5.74, 6) is 0. The van der Waals surface area contributed by atoms with Crippen LogP contribution < -0.4 is 0 Å². The van der Waals surface area contributed by atoms with Crippen molar-refractivity contribution in [1.82, 2.24) is 15.0 Å². The van der Waals surface area contributed by atoms with Crippen molar-refractivity contribution in [1.29, 1.82) is 0 Å². The number of nitro groups is 1. The van der Waals surface area contributed by atoms with Gasteiger partial charge in [-0.2, -0.15) is 13.2 Å². The molecular formula is C10H4ClF3N4O2S. The maximum atomic E-state index is 12.4. The van der Waals surface area contributed by atoms with E-state index in [0.717, 1.165) is 30.2 Å². The molecule has 0 bridgehead atoms. The van der Waals surface area contributed by atoms with E-state index in [2.05, 4.69) is 15.0 Å². The molecule has 0 radical (unpaired) electrons. The van der Waals surface area contributed by atoms with Gasteiger partial charge in [-0.1, -0.05) is 11.6 Å². The summed E-state index contributed by atoms with van der Waals surface area (Å²) in [6.45, 7) is 0. The van der Waals surface area contributed by atoms with E-state index in [1.807, 2.05) is 0 Å². The Morgan fingerprint density at radius 3 is 2.48 bits per heavy atom. The van der Waals surface area contributed by atoms with Gasteiger partial charge in [0.2, 0.25) is 5.15 Å². The molecule has 2 aromatic rings. The molecule has 0 saturated carbocycles. The number of alkyl halides is 3. The summed E-state index contributed by atoms with van der Waals surface area (Å²) in [6.07, 6.45) is -2.85. The molecule has 2 heterocycles. The normalized spacial score (nSPS) is 11.4. The molecule has 0 atom stereocenters. The van der Waals surface area contributed by atoms with Gasteiger partial charge in [0, 0.05) is 6.20 Å². The van der Waals surface area contributed by atoms with E-state index in [0.29, 0.717) is 6.20 Å². The highest BCUT2D eigenvalue weighted by atomic mass is 35.5. The summed E-state index contributed by atoms with van der Waals surface area (Å²) in [4.78, 5) is 20.9. The average molecular weight is 337 g/mol. The van der Waals surface area contributed by atoms with E-state index in [-0.39, 0.29) is 15.2 Å². The highest BCUT2D eigenvalue weighted by Gasteiger charge is 2.31. The van der Waals surface area contributed by atoms with Gasteiger partial charge in [0.1, 0.15) is 11.4 Å². The lowest BCUT2D eigenvalue weighted by Crippen LogP contribution is -2.05. The maximum Gasteiger partial charge on any atom is 0.417 e. The van der Waals surface area contributed by atoms with Gasteiger partial charge in [0.05, 0.1) is 10.5 Å². The van der Waals surface area contributed by atoms with Crippen LogP contribution in [0.5, 0.6) is 0 Å². The van der Waals surface area contributed by atoms with E-state index in [1.165, 1.54) is 0 Å². The van der Waals surface area contributed by atoms with Crippen molar-refractivity contribution < 1.29 is 18.1 Å². The van der Waals surface area contributed by atoms with Gasteiger partial charge in [-0.25, -0.2) is 15.0 Å². The Kier molecular flexibility index (Phi) is 4.28. The zero-order chi connectivity index (χ0) is 15.6. The molecule has 0 spiro atoms. The van der Waals surface area contributed by atoms with Crippen LogP contribution in [0.25, 0.3) is 0 Å². The summed E-state index contributed by atoms with van der Waals surface area (Å²) < 4.78 is 37.2. The number of pyridine rings is 1. The molecule has 0 aromatic carbocycles. The van der Waals surface area contributed by atoms with E-state index in [9.17, 15) is 23.3 Å². The first-order valence-electron chi connectivity index (χ1n) is 5.15. The second-order valence-electron chi connectivity index (χ2n) is 3.56. The highest BCUT2D eigenvalue weighted by molar-refractivity contribution is 7.99. The molecule has 0 unspecified atom stereocenters. The van der Waals surface area contributed by atoms with Crippen LogP contribution in [-0.4, -0.2) is 19.9 Å². The molecule has 0 fully saturated rings. The Morgan fingerprint density at radius 1 is 1.24 bits per heavy atom. The first-order valence-corrected chi connectivity index (χ1v) is 6.34. The van der Waals surface area contributed by atoms with Crippen LogP contribution in [0, 0.1) is 10.1 Å². The smallest absolute Gasteiger partial charge is 0.258 e. The third-order valence-electron chi connectivity index (χ3n) is 2.19. The third kappa shape index (κ3) is 3.58. The Bertz CT molecular complexity index is 681. The number of hydrogen-bond acceptors (Lipinski definition) is 6. The lowest BCUT2D eigenvalue weighted by atomic mass is 10.3. The van der Waals surface area contributed by atoms with Crippen molar-refractivity contribution in [3.8, 4) is 0 Å². The van der Waals surface area contributed by atoms with Gasteiger partial charge in [0.15, 0.2) is 5.03 Å². The topological polar surface area (TPSA) is 81.8 Å². The molecule has 11 heteroatoms. The van der Waals surface area contributed by atoms with Crippen molar-refractivity contribution in [3.63, 3.8) is 0 Å². The monoisotopic (exact) mass is 336 g/mol. The quantitative estimate of drug-likeness (QED) is 0.484. The second kappa shape index (κ2) is 5.82. The van der Waals surface area contributed by atoms with Crippen LogP contribution in [0.1, 0.15) is 5.56 Å². The molecule has 6 nitrogen and oxygen atoms in total. The van der Waals surface area contributed by atoms with Crippen LogP contribution in [0.3, 0.4) is 0 Å². The molecular weight excluding hydrogens is 333 g/mol. The van der Waals surface area contributed by atoms with E-state index in [1.54, 1.807) is 0 Å². The van der Waals surface area contributed by atoms with Crippen LogP contribution in [0.15, 0.2) is 34.7 Å². The van der Waals surface area contributed by atoms with Gasteiger partial charge < -0.3 is 0 Å². The second-order valence-corrected chi connectivity index (χ2v) is 4.93. The van der Waals surface area contributed by atoms with Gasteiger partial charge in [-0.05, 0) is 23.9 Å². The third-order valence-corrected chi connectivity index (χ3v) is 3.41. The summed E-state index contributed by atoms with van der Waals surface area (Å²) in [7, 11) is 0. The molecule has 0 amide bonds. The standard InChI is InChI=1S/C10H4ClF3N4O2S/c11-8-7(18(19)20)9(17-4-16-8)21-6-2-1-5(3-15-6)10(12,13)14/h1-4H. The first kappa shape index (κ1) is 15.4. The summed E-state index contributed by atoms with van der Waals surface area (Å²) in [6, 6.07) is 1.91. The largest absolute Gasteiger partial charge is 0.417 e. The van der Waals surface area contributed by atoms with Crippen molar-refractivity contribution in [2.24, 2.45) is 0 Å². The molecule has 0 saturated heterocycles. The molecule has 0 aliphatic carbocycles. The molecule has 2 aromatic heterocycles. The molecule has 2 rings (SSSR count). The number of rotatable bonds is 3. The lowest BCUT2D eigenvalue weighted by molar-refractivity contribution is -0.388. The lowest BCUT2D eigenvalue weighted by Gasteiger charge is -2.06. The van der Waals surface area contributed by atoms with Crippen molar-refractivity contribution in [3.05, 3.63) is 45.5 Å².